The Kier molecular flexibility index (Phi) is 5.31. The van der Waals surface area contributed by atoms with E-state index in [1.807, 2.05) is 0 Å². The average Bonchev–Trinajstić information content (AvgIpc) is 2.93. The second kappa shape index (κ2) is 7.21. The molecule has 112 valence electrons. The minimum atomic E-state index is -2.57. The van der Waals surface area contributed by atoms with Crippen LogP contribution >= 0.6 is 0 Å². The topological polar surface area (TPSA) is 54.2 Å². The van der Waals surface area contributed by atoms with Crippen LogP contribution in [0.1, 0.15) is 44.5 Å². The van der Waals surface area contributed by atoms with E-state index in [0.717, 1.165) is 17.4 Å². The molecule has 0 saturated heterocycles. The molecule has 0 spiro atoms. The number of rotatable bonds is 4. The Morgan fingerprint density at radius 1 is 1.45 bits per heavy atom. The normalized spacial score (nSPS) is 17.5. The molecule has 1 saturated carbocycles. The second-order valence-electron chi connectivity index (χ2n) is 4.93. The van der Waals surface area contributed by atoms with Gasteiger partial charge < -0.3 is 10.6 Å². The van der Waals surface area contributed by atoms with Crippen LogP contribution in [0, 0.1) is 0 Å². The van der Waals surface area contributed by atoms with Crippen LogP contribution in [0.15, 0.2) is 17.4 Å². The maximum Gasteiger partial charge on any atom is 0.319 e. The van der Waals surface area contributed by atoms with Crippen molar-refractivity contribution >= 4 is 5.96 Å². The lowest BCUT2D eigenvalue weighted by Crippen LogP contribution is -2.44. The fourth-order valence-corrected chi connectivity index (χ4v) is 2.46. The van der Waals surface area contributed by atoms with Crippen molar-refractivity contribution in [3.63, 3.8) is 0 Å². The molecule has 0 aromatic carbocycles. The standard InChI is InChI=1S/C13H21F2N5/c1-16-13(19-10-5-3-2-4-6-10)18-9-11-17-7-8-20(11)12(14)15/h7-8,10,12H,2-6,9H2,1H3,(H2,16,18,19). The number of aromatic nitrogens is 2. The Hall–Kier alpha value is -1.66. The predicted molar refractivity (Wildman–Crippen MR) is 73.7 cm³/mol. The molecule has 1 heterocycles. The van der Waals surface area contributed by atoms with Gasteiger partial charge in [0.15, 0.2) is 5.96 Å². The number of alkyl halides is 2. The zero-order valence-corrected chi connectivity index (χ0v) is 11.6. The summed E-state index contributed by atoms with van der Waals surface area (Å²) in [4.78, 5) is 8.05. The first-order valence-corrected chi connectivity index (χ1v) is 6.97. The Labute approximate surface area is 117 Å². The molecular weight excluding hydrogens is 264 g/mol. The van der Waals surface area contributed by atoms with E-state index < -0.39 is 6.55 Å². The summed E-state index contributed by atoms with van der Waals surface area (Å²) in [5.41, 5.74) is 0. The van der Waals surface area contributed by atoms with Crippen molar-refractivity contribution in [3.05, 3.63) is 18.2 Å². The molecule has 0 aliphatic heterocycles. The van der Waals surface area contributed by atoms with Crippen LogP contribution in [-0.4, -0.2) is 28.6 Å². The number of nitrogens with one attached hydrogen (secondary N) is 2. The van der Waals surface area contributed by atoms with Crippen LogP contribution in [-0.2, 0) is 6.54 Å². The van der Waals surface area contributed by atoms with Crippen molar-refractivity contribution in [3.8, 4) is 0 Å². The lowest BCUT2D eigenvalue weighted by molar-refractivity contribution is 0.0668. The van der Waals surface area contributed by atoms with Gasteiger partial charge in [-0.2, -0.15) is 8.78 Å². The summed E-state index contributed by atoms with van der Waals surface area (Å²) < 4.78 is 26.2. The number of nitrogens with zero attached hydrogens (tertiary/aromatic N) is 3. The molecule has 2 rings (SSSR count). The molecule has 1 aliphatic rings. The van der Waals surface area contributed by atoms with E-state index in [9.17, 15) is 8.78 Å². The molecule has 1 aliphatic carbocycles. The number of aliphatic imine (C=N–C) groups is 1. The van der Waals surface area contributed by atoms with Gasteiger partial charge in [-0.3, -0.25) is 9.56 Å². The van der Waals surface area contributed by atoms with Crippen LogP contribution < -0.4 is 10.6 Å². The van der Waals surface area contributed by atoms with E-state index in [1.165, 1.54) is 31.7 Å². The zero-order chi connectivity index (χ0) is 14.4. The molecule has 0 atom stereocenters. The van der Waals surface area contributed by atoms with Crippen LogP contribution in [0.3, 0.4) is 0 Å². The summed E-state index contributed by atoms with van der Waals surface area (Å²) >= 11 is 0. The first kappa shape index (κ1) is 14.7. The molecule has 7 heteroatoms. The highest BCUT2D eigenvalue weighted by molar-refractivity contribution is 5.79. The van der Waals surface area contributed by atoms with Crippen molar-refractivity contribution in [2.75, 3.05) is 7.05 Å². The number of imidazole rings is 1. The SMILES string of the molecule is CN=C(NCc1nccn1C(F)F)NC1CCCCC1. The van der Waals surface area contributed by atoms with Gasteiger partial charge in [0.25, 0.3) is 0 Å². The number of halogens is 2. The van der Waals surface area contributed by atoms with Crippen molar-refractivity contribution in [1.29, 1.82) is 0 Å². The number of hydrogen-bond donors (Lipinski definition) is 2. The Balaban J connectivity index is 1.85. The highest BCUT2D eigenvalue weighted by Gasteiger charge is 2.15. The molecule has 2 N–H and O–H groups in total. The molecule has 1 fully saturated rings. The van der Waals surface area contributed by atoms with E-state index in [0.29, 0.717) is 17.8 Å². The van der Waals surface area contributed by atoms with Crippen molar-refractivity contribution in [2.24, 2.45) is 4.99 Å². The molecule has 0 unspecified atom stereocenters. The third kappa shape index (κ3) is 3.91. The van der Waals surface area contributed by atoms with Gasteiger partial charge in [-0.1, -0.05) is 19.3 Å². The van der Waals surface area contributed by atoms with Gasteiger partial charge >= 0.3 is 6.55 Å². The minimum absolute atomic E-state index is 0.226. The van der Waals surface area contributed by atoms with Gasteiger partial charge in [0.2, 0.25) is 0 Å². The van der Waals surface area contributed by atoms with Crippen LogP contribution in [0.4, 0.5) is 8.78 Å². The molecule has 5 nitrogen and oxygen atoms in total. The Morgan fingerprint density at radius 3 is 2.85 bits per heavy atom. The third-order valence-corrected chi connectivity index (χ3v) is 3.54. The van der Waals surface area contributed by atoms with Gasteiger partial charge in [-0.15, -0.1) is 0 Å². The van der Waals surface area contributed by atoms with Crippen LogP contribution in [0.5, 0.6) is 0 Å². The van der Waals surface area contributed by atoms with Gasteiger partial charge in [0.05, 0.1) is 6.54 Å². The maximum absolute atomic E-state index is 12.7. The smallest absolute Gasteiger partial charge is 0.319 e. The summed E-state index contributed by atoms with van der Waals surface area (Å²) in [5.74, 6) is 0.937. The van der Waals surface area contributed by atoms with E-state index in [2.05, 4.69) is 20.6 Å². The largest absolute Gasteiger partial charge is 0.354 e. The summed E-state index contributed by atoms with van der Waals surface area (Å²) in [6.45, 7) is -2.34. The lowest BCUT2D eigenvalue weighted by Gasteiger charge is -2.24. The molecule has 20 heavy (non-hydrogen) atoms. The highest BCUT2D eigenvalue weighted by Crippen LogP contribution is 2.17. The summed E-state index contributed by atoms with van der Waals surface area (Å²) in [5, 5.41) is 6.37. The number of guanidine groups is 1. The summed E-state index contributed by atoms with van der Waals surface area (Å²) in [7, 11) is 1.68. The Bertz CT molecular complexity index is 438. The fourth-order valence-electron chi connectivity index (χ4n) is 2.46. The summed E-state index contributed by atoms with van der Waals surface area (Å²) in [6, 6.07) is 0.421. The average molecular weight is 285 g/mol. The highest BCUT2D eigenvalue weighted by atomic mass is 19.3. The quantitative estimate of drug-likeness (QED) is 0.659. The zero-order valence-electron chi connectivity index (χ0n) is 11.6. The third-order valence-electron chi connectivity index (χ3n) is 3.54. The maximum atomic E-state index is 12.7. The number of hydrogen-bond acceptors (Lipinski definition) is 2. The van der Waals surface area contributed by atoms with Crippen molar-refractivity contribution in [2.45, 2.75) is 51.2 Å². The lowest BCUT2D eigenvalue weighted by atomic mass is 9.96. The molecule has 0 bridgehead atoms. The van der Waals surface area contributed by atoms with Crippen molar-refractivity contribution in [1.82, 2.24) is 20.2 Å². The van der Waals surface area contributed by atoms with Crippen molar-refractivity contribution < 1.29 is 8.78 Å². The van der Waals surface area contributed by atoms with E-state index >= 15 is 0 Å². The molecule has 1 aromatic rings. The van der Waals surface area contributed by atoms with E-state index in [1.54, 1.807) is 7.05 Å². The van der Waals surface area contributed by atoms with Gasteiger partial charge in [-0.25, -0.2) is 4.98 Å². The fraction of sp³-hybridized carbons (Fsp3) is 0.692. The van der Waals surface area contributed by atoms with Crippen LogP contribution in [0.25, 0.3) is 0 Å². The van der Waals surface area contributed by atoms with E-state index in [4.69, 9.17) is 0 Å². The molecular formula is C13H21F2N5. The first-order valence-electron chi connectivity index (χ1n) is 6.97. The van der Waals surface area contributed by atoms with Gasteiger partial charge in [-0.05, 0) is 12.8 Å². The van der Waals surface area contributed by atoms with Gasteiger partial charge in [0, 0.05) is 25.5 Å². The van der Waals surface area contributed by atoms with Crippen LogP contribution in [0.2, 0.25) is 0 Å². The first-order chi connectivity index (χ1) is 9.70. The molecule has 0 radical (unpaired) electrons. The minimum Gasteiger partial charge on any atom is -0.354 e. The predicted octanol–water partition coefficient (Wildman–Crippen LogP) is 2.28. The molecule has 1 aromatic heterocycles. The monoisotopic (exact) mass is 285 g/mol. The Morgan fingerprint density at radius 2 is 2.20 bits per heavy atom. The second-order valence-corrected chi connectivity index (χ2v) is 4.93. The summed E-state index contributed by atoms with van der Waals surface area (Å²) in [6.07, 6.45) is 8.66. The van der Waals surface area contributed by atoms with E-state index in [-0.39, 0.29) is 6.54 Å². The molecule has 0 amide bonds. The van der Waals surface area contributed by atoms with Gasteiger partial charge in [0.1, 0.15) is 5.82 Å².